The van der Waals surface area contributed by atoms with Gasteiger partial charge in [-0.15, -0.1) is 0 Å². The van der Waals surface area contributed by atoms with E-state index >= 15 is 0 Å². The first kappa shape index (κ1) is 27.5. The number of likely N-dealkylation sites (N-methyl/N-ethyl adjacent to an activating group) is 2. The van der Waals surface area contributed by atoms with Gasteiger partial charge in [-0.2, -0.15) is 0 Å². The second-order valence-electron chi connectivity index (χ2n) is 9.96. The minimum Gasteiger partial charge on any atom is -0.334 e. The Morgan fingerprint density at radius 1 is 0.531 bits per heavy atom. The Morgan fingerprint density at radius 3 is 1.03 bits per heavy atom. The fourth-order valence-corrected chi connectivity index (χ4v) is 3.79. The molecular weight excluding hydrogens is 412 g/mol. The third kappa shape index (κ3) is 6.74. The number of nitrogens with one attached hydrogen (secondary N) is 4. The summed E-state index contributed by atoms with van der Waals surface area (Å²) in [5, 5.41) is 11.4. The van der Waals surface area contributed by atoms with Crippen LogP contribution < -0.4 is 21.3 Å². The molecule has 0 aromatic heterocycles. The molecule has 4 atom stereocenters. The van der Waals surface area contributed by atoms with E-state index in [1.54, 1.807) is 14.1 Å². The largest absolute Gasteiger partial charge is 0.334 e. The lowest BCUT2D eigenvalue weighted by Crippen LogP contribution is -2.65. The van der Waals surface area contributed by atoms with Crippen LogP contribution >= 0.6 is 0 Å². The first-order chi connectivity index (χ1) is 14.7. The average Bonchev–Trinajstić information content (AvgIpc) is 2.65. The molecule has 2 unspecified atom stereocenters. The van der Waals surface area contributed by atoms with Crippen molar-refractivity contribution in [3.05, 3.63) is 0 Å². The Hall–Kier alpha value is -2.52. The fraction of sp³-hybridized carbons (Fsp3) is 0.818. The van der Waals surface area contributed by atoms with E-state index < -0.39 is 36.5 Å². The molecule has 10 heteroatoms. The standard InChI is InChI=1S/C22H42N6O4/c1-11(2)15-19(29)23-17(13(5)6)26-22(32)28(10)16(12(3)4)20(30)24-18(14(7)8)25-21(31)27(15)9/h11-18H,1-10H3,(H,23,29)(H,24,30)(H,25,31)(H,26,32)/t15-,16-,17?,18?/m0/s1. The maximum atomic E-state index is 13.2. The summed E-state index contributed by atoms with van der Waals surface area (Å²) in [5.74, 6) is -1.31. The second-order valence-corrected chi connectivity index (χ2v) is 9.96. The maximum Gasteiger partial charge on any atom is 0.319 e. The zero-order chi connectivity index (χ0) is 24.9. The van der Waals surface area contributed by atoms with E-state index in [0.29, 0.717) is 0 Å². The van der Waals surface area contributed by atoms with Crippen LogP contribution in [0.15, 0.2) is 0 Å². The lowest BCUT2D eigenvalue weighted by atomic mass is 10.0. The zero-order valence-corrected chi connectivity index (χ0v) is 21.1. The van der Waals surface area contributed by atoms with Gasteiger partial charge >= 0.3 is 12.1 Å². The molecule has 1 heterocycles. The third-order valence-corrected chi connectivity index (χ3v) is 5.76. The molecule has 0 aliphatic carbocycles. The van der Waals surface area contributed by atoms with Crippen LogP contribution in [0.5, 0.6) is 0 Å². The van der Waals surface area contributed by atoms with Gasteiger partial charge in [0.2, 0.25) is 11.8 Å². The molecule has 32 heavy (non-hydrogen) atoms. The van der Waals surface area contributed by atoms with Crippen LogP contribution in [-0.2, 0) is 9.59 Å². The van der Waals surface area contributed by atoms with E-state index in [2.05, 4.69) is 21.3 Å². The van der Waals surface area contributed by atoms with Crippen molar-refractivity contribution in [1.29, 1.82) is 0 Å². The third-order valence-electron chi connectivity index (χ3n) is 5.76. The van der Waals surface area contributed by atoms with Gasteiger partial charge in [0.1, 0.15) is 24.4 Å². The normalized spacial score (nSPS) is 26.8. The lowest BCUT2D eigenvalue weighted by molar-refractivity contribution is -0.129. The highest BCUT2D eigenvalue weighted by Gasteiger charge is 2.37. The molecule has 10 nitrogen and oxygen atoms in total. The quantitative estimate of drug-likeness (QED) is 0.514. The van der Waals surface area contributed by atoms with E-state index in [4.69, 9.17) is 0 Å². The Balaban J connectivity index is 3.46. The molecule has 1 aliphatic heterocycles. The van der Waals surface area contributed by atoms with Crippen molar-refractivity contribution < 1.29 is 19.2 Å². The number of carbonyl (C=O) groups excluding carboxylic acids is 4. The highest BCUT2D eigenvalue weighted by Crippen LogP contribution is 2.15. The van der Waals surface area contributed by atoms with Gasteiger partial charge in [-0.25, -0.2) is 9.59 Å². The number of rotatable bonds is 4. The van der Waals surface area contributed by atoms with Crippen LogP contribution in [0.4, 0.5) is 9.59 Å². The number of amides is 6. The van der Waals surface area contributed by atoms with E-state index in [-0.39, 0.29) is 35.5 Å². The number of urea groups is 2. The van der Waals surface area contributed by atoms with E-state index in [9.17, 15) is 19.2 Å². The molecule has 1 rings (SSSR count). The molecule has 0 saturated carbocycles. The minimum absolute atomic E-state index is 0.118. The van der Waals surface area contributed by atoms with Gasteiger partial charge in [0.05, 0.1) is 0 Å². The number of nitrogens with zero attached hydrogens (tertiary/aromatic N) is 2. The Labute approximate surface area is 192 Å². The highest BCUT2D eigenvalue weighted by molar-refractivity contribution is 5.90. The van der Waals surface area contributed by atoms with Gasteiger partial charge in [-0.05, 0) is 23.7 Å². The Bertz CT molecular complexity index is 636. The number of hydrogen-bond donors (Lipinski definition) is 4. The summed E-state index contributed by atoms with van der Waals surface area (Å²) in [6.07, 6.45) is -1.34. The second kappa shape index (κ2) is 11.4. The van der Waals surface area contributed by atoms with E-state index in [1.807, 2.05) is 55.4 Å². The lowest BCUT2D eigenvalue weighted by Gasteiger charge is -2.38. The molecule has 0 aromatic rings. The van der Waals surface area contributed by atoms with Crippen molar-refractivity contribution in [2.75, 3.05) is 14.1 Å². The van der Waals surface area contributed by atoms with Crippen molar-refractivity contribution in [1.82, 2.24) is 31.1 Å². The van der Waals surface area contributed by atoms with E-state index in [0.717, 1.165) is 0 Å². The smallest absolute Gasteiger partial charge is 0.319 e. The van der Waals surface area contributed by atoms with Crippen LogP contribution in [0.2, 0.25) is 0 Å². The summed E-state index contributed by atoms with van der Waals surface area (Å²) in [5.41, 5.74) is 0. The Kier molecular flexibility index (Phi) is 9.78. The summed E-state index contributed by atoms with van der Waals surface area (Å²) in [4.78, 5) is 55.0. The molecule has 0 radical (unpaired) electrons. The minimum atomic E-state index is -0.763. The molecule has 0 aromatic carbocycles. The molecule has 1 saturated heterocycles. The summed E-state index contributed by atoms with van der Waals surface area (Å²) in [6.45, 7) is 14.9. The SMILES string of the molecule is CC(C)C1NC(=O)[C@H](C(C)C)N(C)C(=O)NC(C(C)C)NC(=O)[C@H](C(C)C)N(C)C(=O)N1. The molecule has 1 fully saturated rings. The molecular formula is C22H42N6O4. The molecule has 1 aliphatic rings. The van der Waals surface area contributed by atoms with Gasteiger partial charge in [0.25, 0.3) is 0 Å². The summed E-state index contributed by atoms with van der Waals surface area (Å²) >= 11 is 0. The first-order valence-electron chi connectivity index (χ1n) is 11.4. The van der Waals surface area contributed by atoms with Gasteiger partial charge in [0.15, 0.2) is 0 Å². The van der Waals surface area contributed by atoms with Crippen LogP contribution in [0, 0.1) is 23.7 Å². The molecule has 6 amide bonds. The molecule has 184 valence electrons. The molecule has 4 N–H and O–H groups in total. The fourth-order valence-electron chi connectivity index (χ4n) is 3.79. The van der Waals surface area contributed by atoms with Gasteiger partial charge in [0, 0.05) is 14.1 Å². The van der Waals surface area contributed by atoms with Crippen LogP contribution in [0.3, 0.4) is 0 Å². The van der Waals surface area contributed by atoms with Crippen LogP contribution in [-0.4, -0.2) is 72.2 Å². The summed E-state index contributed by atoms with van der Waals surface area (Å²) < 4.78 is 0. The number of hydrogen-bond acceptors (Lipinski definition) is 4. The first-order valence-corrected chi connectivity index (χ1v) is 11.4. The zero-order valence-electron chi connectivity index (χ0n) is 21.1. The van der Waals surface area contributed by atoms with Crippen molar-refractivity contribution in [2.45, 2.75) is 79.8 Å². The molecule has 0 spiro atoms. The monoisotopic (exact) mass is 454 g/mol. The van der Waals surface area contributed by atoms with Crippen molar-refractivity contribution in [3.8, 4) is 0 Å². The van der Waals surface area contributed by atoms with Gasteiger partial charge in [-0.1, -0.05) is 55.4 Å². The molecule has 0 bridgehead atoms. The van der Waals surface area contributed by atoms with Crippen molar-refractivity contribution >= 4 is 23.9 Å². The van der Waals surface area contributed by atoms with Gasteiger partial charge in [-0.3, -0.25) is 9.59 Å². The summed E-state index contributed by atoms with van der Waals surface area (Å²) in [6, 6.07) is -2.45. The number of carbonyl (C=O) groups is 4. The summed E-state index contributed by atoms with van der Waals surface area (Å²) in [7, 11) is 3.11. The topological polar surface area (TPSA) is 123 Å². The highest BCUT2D eigenvalue weighted by atomic mass is 16.2. The maximum absolute atomic E-state index is 13.2. The Morgan fingerprint density at radius 2 is 0.812 bits per heavy atom. The predicted octanol–water partition coefficient (Wildman–Crippen LogP) is 1.53. The van der Waals surface area contributed by atoms with Gasteiger partial charge < -0.3 is 31.1 Å². The average molecular weight is 455 g/mol. The van der Waals surface area contributed by atoms with E-state index in [1.165, 1.54) is 9.80 Å². The van der Waals surface area contributed by atoms with Crippen LogP contribution in [0.25, 0.3) is 0 Å². The van der Waals surface area contributed by atoms with Crippen molar-refractivity contribution in [2.24, 2.45) is 23.7 Å². The van der Waals surface area contributed by atoms with Crippen LogP contribution in [0.1, 0.15) is 55.4 Å². The van der Waals surface area contributed by atoms with Crippen molar-refractivity contribution in [3.63, 3.8) is 0 Å². The predicted molar refractivity (Wildman–Crippen MR) is 123 cm³/mol.